The number of methoxy groups -OCH3 is 1. The normalized spacial score (nSPS) is 29.9. The Hall–Kier alpha value is -2.94. The Labute approximate surface area is 177 Å². The van der Waals surface area contributed by atoms with Crippen molar-refractivity contribution in [1.82, 2.24) is 4.98 Å². The summed E-state index contributed by atoms with van der Waals surface area (Å²) in [7, 11) is 1.49. The Kier molecular flexibility index (Phi) is 5.04. The number of pyridine rings is 1. The van der Waals surface area contributed by atoms with Crippen molar-refractivity contribution in [3.05, 3.63) is 59.2 Å². The lowest BCUT2D eigenvalue weighted by Crippen LogP contribution is -2.58. The van der Waals surface area contributed by atoms with Gasteiger partial charge in [-0.2, -0.15) is 0 Å². The first kappa shape index (κ1) is 21.3. The number of benzene rings is 1. The number of carbonyl (C=O) groups excluding carboxylic acids is 1. The minimum atomic E-state index is -2.28. The number of hydrogen-bond acceptors (Lipinski definition) is 6. The van der Waals surface area contributed by atoms with Crippen LogP contribution in [0.15, 0.2) is 41.5 Å². The molecule has 31 heavy (non-hydrogen) atoms. The first-order chi connectivity index (χ1) is 14.6. The molecule has 0 unspecified atom stereocenters. The van der Waals surface area contributed by atoms with Crippen LogP contribution in [0.25, 0.3) is 0 Å². The van der Waals surface area contributed by atoms with Gasteiger partial charge >= 0.3 is 0 Å². The molecule has 3 atom stereocenters. The van der Waals surface area contributed by atoms with Gasteiger partial charge in [0.1, 0.15) is 28.6 Å². The van der Waals surface area contributed by atoms with Gasteiger partial charge in [0.15, 0.2) is 17.1 Å². The highest BCUT2D eigenvalue weighted by Crippen LogP contribution is 2.53. The predicted octanol–water partition coefficient (Wildman–Crippen LogP) is 3.08. The number of alkyl halides is 2. The first-order valence-electron chi connectivity index (χ1n) is 9.74. The molecule has 9 heteroatoms. The van der Waals surface area contributed by atoms with Crippen LogP contribution in [0.5, 0.6) is 5.75 Å². The van der Waals surface area contributed by atoms with Crippen molar-refractivity contribution in [3.63, 3.8) is 0 Å². The second-order valence-electron chi connectivity index (χ2n) is 8.19. The van der Waals surface area contributed by atoms with E-state index in [0.29, 0.717) is 11.3 Å². The number of aliphatic imine (C=N–C) groups is 1. The van der Waals surface area contributed by atoms with Crippen LogP contribution in [0, 0.1) is 5.82 Å². The lowest BCUT2D eigenvalue weighted by molar-refractivity contribution is 0.0234. The van der Waals surface area contributed by atoms with Crippen LogP contribution in [0.4, 0.5) is 13.2 Å². The van der Waals surface area contributed by atoms with Crippen LogP contribution in [0.3, 0.4) is 0 Å². The maximum atomic E-state index is 15.9. The molecule has 3 heterocycles. The zero-order valence-corrected chi connectivity index (χ0v) is 17.1. The lowest BCUT2D eigenvalue weighted by Gasteiger charge is -2.43. The number of carbonyl (C=O) groups is 1. The molecule has 0 spiro atoms. The second-order valence-corrected chi connectivity index (χ2v) is 8.19. The largest absolute Gasteiger partial charge is 0.495 e. The molecule has 2 N–H and O–H groups in total. The van der Waals surface area contributed by atoms with Crippen molar-refractivity contribution in [1.29, 1.82) is 0 Å². The molecule has 2 aliphatic rings. The SMILES string of the molecule is COc1ccc(C(=O)Cc2ccc(F)c([C@]34COC[C@@]3(F)C[C@](C)(F)C(N)=N4)c2)nc1. The summed E-state index contributed by atoms with van der Waals surface area (Å²) in [5, 5.41) is 0. The standard InChI is InChI=1S/C22H22F3N3O3/c1-20(24)10-21(25)11-31-12-22(21,28-19(20)26)15-7-13(3-5-16(15)23)8-18(29)17-6-4-14(30-2)9-27-17/h3-7,9H,8,10-12H2,1-2H3,(H2,26,28)/t20-,21-,22+/m0/s1. The maximum Gasteiger partial charge on any atom is 0.185 e. The van der Waals surface area contributed by atoms with Crippen LogP contribution < -0.4 is 10.5 Å². The van der Waals surface area contributed by atoms with Gasteiger partial charge in [-0.05, 0) is 36.8 Å². The average Bonchev–Trinajstić information content (AvgIpc) is 3.05. The van der Waals surface area contributed by atoms with E-state index in [2.05, 4.69) is 9.98 Å². The zero-order valence-electron chi connectivity index (χ0n) is 17.1. The molecular formula is C22H22F3N3O3. The second kappa shape index (κ2) is 7.33. The van der Waals surface area contributed by atoms with Gasteiger partial charge in [-0.25, -0.2) is 18.2 Å². The van der Waals surface area contributed by atoms with E-state index >= 15 is 4.39 Å². The lowest BCUT2D eigenvalue weighted by atomic mass is 9.70. The molecule has 0 bridgehead atoms. The minimum Gasteiger partial charge on any atom is -0.495 e. The van der Waals surface area contributed by atoms with Crippen molar-refractivity contribution in [2.45, 2.75) is 36.6 Å². The highest BCUT2D eigenvalue weighted by molar-refractivity contribution is 5.95. The van der Waals surface area contributed by atoms with E-state index in [4.69, 9.17) is 15.2 Å². The summed E-state index contributed by atoms with van der Waals surface area (Å²) >= 11 is 0. The summed E-state index contributed by atoms with van der Waals surface area (Å²) in [6.07, 6.45) is 0.722. The van der Waals surface area contributed by atoms with Crippen LogP contribution in [-0.4, -0.2) is 48.3 Å². The Morgan fingerprint density at radius 2 is 2.03 bits per heavy atom. The third-order valence-electron chi connectivity index (χ3n) is 5.94. The van der Waals surface area contributed by atoms with Crippen LogP contribution in [0.2, 0.25) is 0 Å². The van der Waals surface area contributed by atoms with Gasteiger partial charge in [-0.1, -0.05) is 6.07 Å². The van der Waals surface area contributed by atoms with Gasteiger partial charge < -0.3 is 15.2 Å². The molecule has 4 rings (SSSR count). The van der Waals surface area contributed by atoms with E-state index in [-0.39, 0.29) is 30.1 Å². The van der Waals surface area contributed by atoms with Crippen LogP contribution in [-0.2, 0) is 16.7 Å². The number of ketones is 1. The monoisotopic (exact) mass is 433 g/mol. The van der Waals surface area contributed by atoms with E-state index in [1.807, 2.05) is 0 Å². The number of nitrogens with two attached hydrogens (primary N) is 1. The maximum absolute atomic E-state index is 15.9. The Balaban J connectivity index is 1.71. The van der Waals surface area contributed by atoms with E-state index < -0.39 is 41.6 Å². The number of aromatic nitrogens is 1. The van der Waals surface area contributed by atoms with E-state index in [9.17, 15) is 13.6 Å². The number of nitrogens with zero attached hydrogens (tertiary/aromatic N) is 2. The molecular weight excluding hydrogens is 411 g/mol. The van der Waals surface area contributed by atoms with Crippen LogP contribution in [0.1, 0.15) is 35.0 Å². The molecule has 0 saturated carbocycles. The number of halogens is 3. The highest BCUT2D eigenvalue weighted by atomic mass is 19.2. The van der Waals surface area contributed by atoms with Gasteiger partial charge in [0.05, 0.1) is 26.5 Å². The fourth-order valence-electron chi connectivity index (χ4n) is 4.20. The van der Waals surface area contributed by atoms with Gasteiger partial charge in [-0.3, -0.25) is 9.79 Å². The van der Waals surface area contributed by atoms with Crippen LogP contribution >= 0.6 is 0 Å². The van der Waals surface area contributed by atoms with Gasteiger partial charge in [0, 0.05) is 18.4 Å². The summed E-state index contributed by atoms with van der Waals surface area (Å²) in [5.74, 6) is -0.942. The molecule has 2 aromatic rings. The fourth-order valence-corrected chi connectivity index (χ4v) is 4.20. The Morgan fingerprint density at radius 3 is 2.71 bits per heavy atom. The van der Waals surface area contributed by atoms with Gasteiger partial charge in [0.25, 0.3) is 0 Å². The molecule has 2 aliphatic heterocycles. The topological polar surface area (TPSA) is 86.8 Å². The number of ether oxygens (including phenoxy) is 2. The molecule has 1 saturated heterocycles. The van der Waals surface area contributed by atoms with Crippen molar-refractivity contribution < 1.29 is 27.4 Å². The number of Topliss-reactive ketones (excluding diaryl/α,β-unsaturated/α-hetero) is 1. The van der Waals surface area contributed by atoms with Gasteiger partial charge in [0.2, 0.25) is 0 Å². The molecule has 1 fully saturated rings. The summed E-state index contributed by atoms with van der Waals surface area (Å²) in [6, 6.07) is 7.08. The van der Waals surface area contributed by atoms with Crippen molar-refractivity contribution in [2.75, 3.05) is 20.3 Å². The van der Waals surface area contributed by atoms with Crippen molar-refractivity contribution in [2.24, 2.45) is 10.7 Å². The Bertz CT molecular complexity index is 1060. The summed E-state index contributed by atoms with van der Waals surface area (Å²) in [5.41, 5.74) is 0.0461. The molecule has 0 aliphatic carbocycles. The average molecular weight is 433 g/mol. The van der Waals surface area contributed by atoms with Crippen molar-refractivity contribution in [3.8, 4) is 5.75 Å². The zero-order chi connectivity index (χ0) is 22.4. The highest BCUT2D eigenvalue weighted by Gasteiger charge is 2.65. The molecule has 164 valence electrons. The minimum absolute atomic E-state index is 0.0944. The Morgan fingerprint density at radius 1 is 1.26 bits per heavy atom. The number of rotatable bonds is 5. The third kappa shape index (κ3) is 3.46. The summed E-state index contributed by atoms with van der Waals surface area (Å²) in [4.78, 5) is 20.8. The number of hydrogen-bond donors (Lipinski definition) is 1. The summed E-state index contributed by atoms with van der Waals surface area (Å²) < 4.78 is 55.8. The number of fused-ring (bicyclic) bond motifs is 1. The fraction of sp³-hybridized carbons (Fsp3) is 0.409. The molecule has 1 aromatic carbocycles. The predicted molar refractivity (Wildman–Crippen MR) is 107 cm³/mol. The van der Waals surface area contributed by atoms with E-state index in [1.165, 1.54) is 31.5 Å². The van der Waals surface area contributed by atoms with Gasteiger partial charge in [-0.15, -0.1) is 0 Å². The summed E-state index contributed by atoms with van der Waals surface area (Å²) in [6.45, 7) is 0.430. The molecule has 0 amide bonds. The van der Waals surface area contributed by atoms with E-state index in [0.717, 1.165) is 13.0 Å². The molecule has 6 nitrogen and oxygen atoms in total. The van der Waals surface area contributed by atoms with E-state index in [1.54, 1.807) is 6.07 Å². The van der Waals surface area contributed by atoms with Crippen molar-refractivity contribution >= 4 is 11.6 Å². The molecule has 1 aromatic heterocycles. The smallest absolute Gasteiger partial charge is 0.185 e. The number of amidine groups is 1. The first-order valence-corrected chi connectivity index (χ1v) is 9.74. The third-order valence-corrected chi connectivity index (χ3v) is 5.94. The molecule has 0 radical (unpaired) electrons. The quantitative estimate of drug-likeness (QED) is 0.733.